The molecule has 1 aromatic rings. The Morgan fingerprint density at radius 2 is 1.88 bits per heavy atom. The van der Waals surface area contributed by atoms with Crippen LogP contribution in [0, 0.1) is 11.3 Å². The minimum absolute atomic E-state index is 0.0593. The lowest BCUT2D eigenvalue weighted by molar-refractivity contribution is 0.101. The number of hydrogen-bond acceptors (Lipinski definition) is 4. The summed E-state index contributed by atoms with van der Waals surface area (Å²) in [6.07, 6.45) is 0.897. The number of rotatable bonds is 3. The number of sulfone groups is 1. The van der Waals surface area contributed by atoms with Crippen molar-refractivity contribution >= 4 is 15.6 Å². The minimum atomic E-state index is -3.58. The van der Waals surface area contributed by atoms with Gasteiger partial charge in [-0.3, -0.25) is 4.79 Å². The Balaban J connectivity index is 3.13. The fourth-order valence-electron chi connectivity index (χ4n) is 1.08. The summed E-state index contributed by atoms with van der Waals surface area (Å²) in [5, 5.41) is 9.08. The molecule has 0 bridgehead atoms. The van der Waals surface area contributed by atoms with Crippen LogP contribution in [0.5, 0.6) is 0 Å². The first-order chi connectivity index (χ1) is 7.47. The molecule has 0 aromatic heterocycles. The fraction of sp³-hybridized carbons (Fsp3) is 0.0909. The lowest BCUT2D eigenvalue weighted by Crippen LogP contribution is -1.98. The van der Waals surface area contributed by atoms with Crippen LogP contribution < -0.4 is 0 Å². The van der Waals surface area contributed by atoms with Crippen molar-refractivity contribution in [1.29, 1.82) is 5.26 Å². The molecule has 0 aliphatic carbocycles. The maximum absolute atomic E-state index is 11.5. The molecule has 0 heterocycles. The Morgan fingerprint density at radius 3 is 2.31 bits per heavy atom. The van der Waals surface area contributed by atoms with Crippen LogP contribution in [-0.4, -0.2) is 14.2 Å². The highest BCUT2D eigenvalue weighted by atomic mass is 32.2. The zero-order valence-electron chi connectivity index (χ0n) is 8.54. The van der Waals surface area contributed by atoms with E-state index in [4.69, 9.17) is 5.26 Å². The van der Waals surface area contributed by atoms with E-state index in [9.17, 15) is 13.2 Å². The molecule has 0 aliphatic heterocycles. The summed E-state index contributed by atoms with van der Waals surface area (Å²) in [5.74, 6) is -0.128. The maximum Gasteiger partial charge on any atom is 0.200 e. The van der Waals surface area contributed by atoms with Crippen molar-refractivity contribution in [2.45, 2.75) is 11.8 Å². The predicted octanol–water partition coefficient (Wildman–Crippen LogP) is 1.70. The largest absolute Gasteiger partial charge is 0.295 e. The van der Waals surface area contributed by atoms with Gasteiger partial charge in [0.2, 0.25) is 9.84 Å². The molecule has 0 atom stereocenters. The molecule has 0 radical (unpaired) electrons. The van der Waals surface area contributed by atoms with E-state index in [2.05, 4.69) is 0 Å². The van der Waals surface area contributed by atoms with Crippen LogP contribution in [0.1, 0.15) is 17.3 Å². The molecular weight excluding hydrogens is 226 g/mol. The van der Waals surface area contributed by atoms with E-state index in [-0.39, 0.29) is 10.7 Å². The monoisotopic (exact) mass is 235 g/mol. The van der Waals surface area contributed by atoms with Crippen LogP contribution in [0.25, 0.3) is 0 Å². The molecule has 5 heteroatoms. The highest BCUT2D eigenvalue weighted by molar-refractivity contribution is 7.94. The van der Waals surface area contributed by atoms with Crippen LogP contribution in [0.4, 0.5) is 0 Å². The summed E-state index contributed by atoms with van der Waals surface area (Å²) in [4.78, 5) is 11.0. The standard InChI is InChI=1S/C11H9NO3S/c1-9(13)10-3-5-11(6-4-10)16(14,15)8-2-7-12/h2-6,8H,1H3. The summed E-state index contributed by atoms with van der Waals surface area (Å²) in [5.41, 5.74) is 0.447. The SMILES string of the molecule is CC(=O)c1ccc(S(=O)(=O)C=CC#N)cc1. The number of hydrogen-bond donors (Lipinski definition) is 0. The van der Waals surface area contributed by atoms with Crippen LogP contribution >= 0.6 is 0 Å². The van der Waals surface area contributed by atoms with Gasteiger partial charge in [-0.05, 0) is 19.1 Å². The fourth-order valence-corrected chi connectivity index (χ4v) is 1.99. The van der Waals surface area contributed by atoms with E-state index < -0.39 is 9.84 Å². The molecule has 0 saturated heterocycles. The smallest absolute Gasteiger partial charge is 0.200 e. The van der Waals surface area contributed by atoms with Gasteiger partial charge in [-0.25, -0.2) is 8.42 Å². The third-order valence-electron chi connectivity index (χ3n) is 1.91. The maximum atomic E-state index is 11.5. The van der Waals surface area contributed by atoms with Crippen molar-refractivity contribution < 1.29 is 13.2 Å². The van der Waals surface area contributed by atoms with E-state index in [0.29, 0.717) is 5.56 Å². The first-order valence-electron chi connectivity index (χ1n) is 4.39. The van der Waals surface area contributed by atoms with Gasteiger partial charge in [0.1, 0.15) is 0 Å². The van der Waals surface area contributed by atoms with Gasteiger partial charge in [-0.1, -0.05) is 12.1 Å². The third-order valence-corrected chi connectivity index (χ3v) is 3.33. The van der Waals surface area contributed by atoms with Gasteiger partial charge in [0.05, 0.1) is 11.0 Å². The topological polar surface area (TPSA) is 75.0 Å². The van der Waals surface area contributed by atoms with Crippen molar-refractivity contribution in [1.82, 2.24) is 0 Å². The van der Waals surface area contributed by atoms with Crippen LogP contribution in [0.15, 0.2) is 40.6 Å². The first-order valence-corrected chi connectivity index (χ1v) is 5.94. The van der Waals surface area contributed by atoms with Crippen molar-refractivity contribution in [2.75, 3.05) is 0 Å². The molecule has 0 aliphatic rings. The summed E-state index contributed by atoms with van der Waals surface area (Å²) in [7, 11) is -3.58. The molecule has 1 aromatic carbocycles. The molecular formula is C11H9NO3S. The van der Waals surface area contributed by atoms with E-state index >= 15 is 0 Å². The molecule has 4 nitrogen and oxygen atoms in total. The minimum Gasteiger partial charge on any atom is -0.295 e. The summed E-state index contributed by atoms with van der Waals surface area (Å²) in [6, 6.07) is 7.17. The van der Waals surface area contributed by atoms with Crippen molar-refractivity contribution in [2.24, 2.45) is 0 Å². The van der Waals surface area contributed by atoms with Gasteiger partial charge in [0, 0.05) is 17.0 Å². The molecule has 1 rings (SSSR count). The number of ketones is 1. The molecule has 16 heavy (non-hydrogen) atoms. The first kappa shape index (κ1) is 12.1. The lowest BCUT2D eigenvalue weighted by atomic mass is 10.2. The lowest BCUT2D eigenvalue weighted by Gasteiger charge is -1.99. The van der Waals surface area contributed by atoms with Gasteiger partial charge in [-0.2, -0.15) is 5.26 Å². The summed E-state index contributed by atoms with van der Waals surface area (Å²) in [6.45, 7) is 1.40. The number of carbonyl (C=O) groups is 1. The van der Waals surface area contributed by atoms with Gasteiger partial charge in [-0.15, -0.1) is 0 Å². The predicted molar refractivity (Wildman–Crippen MR) is 58.4 cm³/mol. The molecule has 82 valence electrons. The van der Waals surface area contributed by atoms with Crippen molar-refractivity contribution in [3.05, 3.63) is 41.3 Å². The number of nitrogens with zero attached hydrogens (tertiary/aromatic N) is 1. The van der Waals surface area contributed by atoms with E-state index in [1.54, 1.807) is 6.07 Å². The number of Topliss-reactive ketones (excluding diaryl/α,β-unsaturated/α-hetero) is 1. The highest BCUT2D eigenvalue weighted by Crippen LogP contribution is 2.13. The van der Waals surface area contributed by atoms with Gasteiger partial charge < -0.3 is 0 Å². The zero-order chi connectivity index (χ0) is 12.2. The Kier molecular flexibility index (Phi) is 3.59. The average molecular weight is 235 g/mol. The molecule has 0 amide bonds. The number of benzene rings is 1. The Labute approximate surface area is 93.7 Å². The normalized spacial score (nSPS) is 11.2. The number of carbonyl (C=O) groups excluding carboxylic acids is 1. The van der Waals surface area contributed by atoms with Gasteiger partial charge in [0.15, 0.2) is 5.78 Å². The highest BCUT2D eigenvalue weighted by Gasteiger charge is 2.10. The van der Waals surface area contributed by atoms with Crippen molar-refractivity contribution in [3.63, 3.8) is 0 Å². The average Bonchev–Trinajstić information content (AvgIpc) is 2.26. The second-order valence-electron chi connectivity index (χ2n) is 3.06. The van der Waals surface area contributed by atoms with Crippen LogP contribution in [-0.2, 0) is 9.84 Å². The molecule has 0 spiro atoms. The Hall–Kier alpha value is -1.93. The molecule has 0 N–H and O–H groups in total. The summed E-state index contributed by atoms with van der Waals surface area (Å²) >= 11 is 0. The summed E-state index contributed by atoms with van der Waals surface area (Å²) < 4.78 is 23.1. The second-order valence-corrected chi connectivity index (χ2v) is 4.89. The van der Waals surface area contributed by atoms with E-state index in [1.165, 1.54) is 31.2 Å². The van der Waals surface area contributed by atoms with Crippen molar-refractivity contribution in [3.8, 4) is 6.07 Å². The zero-order valence-corrected chi connectivity index (χ0v) is 9.36. The Morgan fingerprint density at radius 1 is 1.31 bits per heavy atom. The van der Waals surface area contributed by atoms with Gasteiger partial charge in [0.25, 0.3) is 0 Å². The van der Waals surface area contributed by atoms with Crippen LogP contribution in [0.3, 0.4) is 0 Å². The quantitative estimate of drug-likeness (QED) is 0.590. The molecule has 0 fully saturated rings. The van der Waals surface area contributed by atoms with E-state index in [1.807, 2.05) is 0 Å². The van der Waals surface area contributed by atoms with Crippen LogP contribution in [0.2, 0.25) is 0 Å². The van der Waals surface area contributed by atoms with E-state index in [0.717, 1.165) is 11.5 Å². The van der Waals surface area contributed by atoms with Gasteiger partial charge >= 0.3 is 0 Å². The third kappa shape index (κ3) is 2.78. The number of allylic oxidation sites excluding steroid dienone is 1. The molecule has 0 unspecified atom stereocenters. The second kappa shape index (κ2) is 4.73. The Bertz CT molecular complexity index is 562. The molecule has 0 saturated carbocycles. The number of nitriles is 1.